The van der Waals surface area contributed by atoms with E-state index >= 15 is 0 Å². The predicted octanol–water partition coefficient (Wildman–Crippen LogP) is 3.78. The summed E-state index contributed by atoms with van der Waals surface area (Å²) < 4.78 is 1.90. The van der Waals surface area contributed by atoms with Crippen LogP contribution in [0, 0.1) is 0 Å². The van der Waals surface area contributed by atoms with Crippen molar-refractivity contribution in [1.82, 2.24) is 14.5 Å². The Morgan fingerprint density at radius 2 is 1.92 bits per heavy atom. The molecule has 0 aliphatic rings. The summed E-state index contributed by atoms with van der Waals surface area (Å²) in [6.45, 7) is 4.25. The summed E-state index contributed by atoms with van der Waals surface area (Å²) >= 11 is 13.6. The zero-order valence-corrected chi connectivity index (χ0v) is 16.2. The summed E-state index contributed by atoms with van der Waals surface area (Å²) in [6.07, 6.45) is -1.24. The van der Waals surface area contributed by atoms with Crippen LogP contribution in [0.3, 0.4) is 0 Å². The van der Waals surface area contributed by atoms with E-state index in [1.807, 2.05) is 37.6 Å². The normalized spacial score (nSPS) is 11.1. The number of hydrogen-bond donors (Lipinski definition) is 0. The van der Waals surface area contributed by atoms with Gasteiger partial charge >= 0.3 is 0 Å². The highest BCUT2D eigenvalue weighted by Gasteiger charge is 2.19. The number of amides is 1. The molecule has 5 nitrogen and oxygen atoms in total. The first-order chi connectivity index (χ1) is 11.2. The number of carbonyl (C=O) groups excluding carboxylic acids is 1. The number of halogens is 2. The molecular weight excluding hydrogens is 369 g/mol. The molecule has 1 heterocycles. The molecule has 0 saturated carbocycles. The maximum absolute atomic E-state index is 10.9. The second-order valence-electron chi connectivity index (χ2n) is 5.76. The van der Waals surface area contributed by atoms with Crippen LogP contribution in [0.25, 0.3) is 0 Å². The van der Waals surface area contributed by atoms with Gasteiger partial charge in [0.2, 0.25) is 0 Å². The molecular formula is C16H18Cl2N3O2S-. The minimum Gasteiger partial charge on any atom is -0.530 e. The Kier molecular flexibility index (Phi) is 6.06. The standard InChI is InChI=1S/C16H19Cl2N3O2S/c1-9(2)14-15(24-12-6-10(17)5-11(18)7-12)21(4)13(19-14)8-20(3)16(22)23/h5-7,9H,8H2,1-4H3,(H,22,23)/p-1. The highest BCUT2D eigenvalue weighted by Crippen LogP contribution is 2.36. The van der Waals surface area contributed by atoms with Gasteiger partial charge in [-0.1, -0.05) is 48.8 Å². The fourth-order valence-corrected chi connectivity index (χ4v) is 4.04. The number of nitrogens with zero attached hydrogens (tertiary/aromatic N) is 3. The van der Waals surface area contributed by atoms with Crippen molar-refractivity contribution in [3.05, 3.63) is 39.8 Å². The average Bonchev–Trinajstić information content (AvgIpc) is 2.75. The van der Waals surface area contributed by atoms with Crippen molar-refractivity contribution < 1.29 is 9.90 Å². The number of rotatable bonds is 5. The largest absolute Gasteiger partial charge is 0.530 e. The quantitative estimate of drug-likeness (QED) is 0.784. The zero-order valence-electron chi connectivity index (χ0n) is 13.8. The van der Waals surface area contributed by atoms with E-state index in [2.05, 4.69) is 4.98 Å². The van der Waals surface area contributed by atoms with Crippen molar-refractivity contribution in [3.8, 4) is 0 Å². The number of carboxylic acid groups (broad SMARTS) is 1. The van der Waals surface area contributed by atoms with Gasteiger partial charge in [0.1, 0.15) is 16.9 Å². The number of carbonyl (C=O) groups is 1. The molecule has 0 bridgehead atoms. The topological polar surface area (TPSA) is 61.2 Å². The SMILES string of the molecule is CC(C)c1nc(CN(C)C(=O)[O-])n(C)c1Sc1cc(Cl)cc(Cl)c1. The molecule has 2 aromatic rings. The summed E-state index contributed by atoms with van der Waals surface area (Å²) in [5, 5.41) is 13.0. The van der Waals surface area contributed by atoms with Gasteiger partial charge in [0.15, 0.2) is 0 Å². The van der Waals surface area contributed by atoms with Crippen LogP contribution in [0.2, 0.25) is 10.0 Å². The van der Waals surface area contributed by atoms with E-state index in [1.54, 1.807) is 6.07 Å². The summed E-state index contributed by atoms with van der Waals surface area (Å²) in [4.78, 5) is 17.6. The highest BCUT2D eigenvalue weighted by molar-refractivity contribution is 7.99. The Hall–Kier alpha value is -1.37. The van der Waals surface area contributed by atoms with Crippen molar-refractivity contribution in [3.63, 3.8) is 0 Å². The third-order valence-corrected chi connectivity index (χ3v) is 5.03. The van der Waals surface area contributed by atoms with E-state index in [0.717, 1.165) is 20.5 Å². The van der Waals surface area contributed by atoms with Crippen LogP contribution in [0.1, 0.15) is 31.3 Å². The molecule has 24 heavy (non-hydrogen) atoms. The Morgan fingerprint density at radius 3 is 2.42 bits per heavy atom. The molecule has 130 valence electrons. The maximum Gasteiger partial charge on any atom is 0.137 e. The molecule has 0 spiro atoms. The van der Waals surface area contributed by atoms with E-state index in [9.17, 15) is 9.90 Å². The zero-order chi connectivity index (χ0) is 18.0. The third-order valence-electron chi connectivity index (χ3n) is 3.45. The molecule has 1 aromatic heterocycles. The first kappa shape index (κ1) is 19.0. The van der Waals surface area contributed by atoms with Crippen molar-refractivity contribution in [1.29, 1.82) is 0 Å². The van der Waals surface area contributed by atoms with Crippen LogP contribution < -0.4 is 5.11 Å². The van der Waals surface area contributed by atoms with E-state index in [4.69, 9.17) is 23.2 Å². The molecule has 0 saturated heterocycles. The first-order valence-corrected chi connectivity index (χ1v) is 8.87. The molecule has 1 aromatic carbocycles. The number of aromatic nitrogens is 2. The van der Waals surface area contributed by atoms with Crippen LogP contribution in [0.15, 0.2) is 28.1 Å². The van der Waals surface area contributed by atoms with E-state index in [-0.39, 0.29) is 12.5 Å². The monoisotopic (exact) mass is 386 g/mol. The molecule has 0 fully saturated rings. The molecule has 0 radical (unpaired) electrons. The fraction of sp³-hybridized carbons (Fsp3) is 0.375. The van der Waals surface area contributed by atoms with Gasteiger partial charge in [-0.2, -0.15) is 0 Å². The number of hydrogen-bond acceptors (Lipinski definition) is 4. The second kappa shape index (κ2) is 7.68. The minimum absolute atomic E-state index is 0.162. The van der Waals surface area contributed by atoms with Crippen LogP contribution in [-0.4, -0.2) is 27.6 Å². The average molecular weight is 387 g/mol. The minimum atomic E-state index is -1.24. The third kappa shape index (κ3) is 4.37. The van der Waals surface area contributed by atoms with Gasteiger partial charge in [0, 0.05) is 29.0 Å². The maximum atomic E-state index is 10.9. The smallest absolute Gasteiger partial charge is 0.137 e. The lowest BCUT2D eigenvalue weighted by Gasteiger charge is -2.19. The van der Waals surface area contributed by atoms with Crippen LogP contribution >= 0.6 is 35.0 Å². The molecule has 0 N–H and O–H groups in total. The Bertz CT molecular complexity index is 742. The van der Waals surface area contributed by atoms with Crippen molar-refractivity contribution in [2.75, 3.05) is 7.05 Å². The Balaban J connectivity index is 2.40. The first-order valence-electron chi connectivity index (χ1n) is 7.30. The molecule has 0 aliphatic carbocycles. The second-order valence-corrected chi connectivity index (χ2v) is 7.70. The Labute approximate surface area is 155 Å². The molecule has 0 aliphatic heterocycles. The van der Waals surface area contributed by atoms with E-state index in [1.165, 1.54) is 18.8 Å². The summed E-state index contributed by atoms with van der Waals surface area (Å²) in [7, 11) is 3.33. The van der Waals surface area contributed by atoms with Gasteiger partial charge in [-0.25, -0.2) is 4.98 Å². The van der Waals surface area contributed by atoms with E-state index in [0.29, 0.717) is 15.9 Å². The van der Waals surface area contributed by atoms with Crippen molar-refractivity contribution in [2.24, 2.45) is 7.05 Å². The molecule has 8 heteroatoms. The van der Waals surface area contributed by atoms with Crippen molar-refractivity contribution in [2.45, 2.75) is 36.2 Å². The van der Waals surface area contributed by atoms with Crippen LogP contribution in [0.5, 0.6) is 0 Å². The van der Waals surface area contributed by atoms with Gasteiger partial charge < -0.3 is 19.4 Å². The summed E-state index contributed by atoms with van der Waals surface area (Å²) in [6, 6.07) is 5.35. The van der Waals surface area contributed by atoms with Crippen LogP contribution in [0.4, 0.5) is 4.79 Å². The van der Waals surface area contributed by atoms with E-state index < -0.39 is 6.09 Å². The lowest BCUT2D eigenvalue weighted by atomic mass is 10.2. The van der Waals surface area contributed by atoms with Gasteiger partial charge in [0.25, 0.3) is 0 Å². The van der Waals surface area contributed by atoms with Gasteiger partial charge in [-0.3, -0.25) is 0 Å². The molecule has 0 unspecified atom stereocenters. The molecule has 1 amide bonds. The number of benzene rings is 1. The van der Waals surface area contributed by atoms with Crippen LogP contribution in [-0.2, 0) is 13.6 Å². The van der Waals surface area contributed by atoms with Gasteiger partial charge in [-0.15, -0.1) is 0 Å². The lowest BCUT2D eigenvalue weighted by molar-refractivity contribution is -0.264. The summed E-state index contributed by atoms with van der Waals surface area (Å²) in [5.74, 6) is 0.844. The fourth-order valence-electron chi connectivity index (χ4n) is 2.16. The predicted molar refractivity (Wildman–Crippen MR) is 94.7 cm³/mol. The Morgan fingerprint density at radius 1 is 1.33 bits per heavy atom. The highest BCUT2D eigenvalue weighted by atomic mass is 35.5. The van der Waals surface area contributed by atoms with Gasteiger partial charge in [0.05, 0.1) is 12.2 Å². The number of imidazole rings is 1. The molecule has 2 rings (SSSR count). The van der Waals surface area contributed by atoms with Gasteiger partial charge in [-0.05, 0) is 24.1 Å². The summed E-state index contributed by atoms with van der Waals surface area (Å²) in [5.41, 5.74) is 0.903. The lowest BCUT2D eigenvalue weighted by Crippen LogP contribution is -2.38. The molecule has 0 atom stereocenters. The van der Waals surface area contributed by atoms with Crippen molar-refractivity contribution >= 4 is 41.1 Å².